The molecule has 0 aromatic carbocycles. The van der Waals surface area contributed by atoms with Crippen molar-refractivity contribution in [3.63, 3.8) is 0 Å². The second-order valence-corrected chi connectivity index (χ2v) is 6.14. The fourth-order valence-corrected chi connectivity index (χ4v) is 2.88. The highest BCUT2D eigenvalue weighted by atomic mass is 16.2. The summed E-state index contributed by atoms with van der Waals surface area (Å²) in [6.07, 6.45) is 8.47. The SMILES string of the molecule is O=C(CC1CC1)N(CC1CCCNC1)C1CC1. The molecule has 0 radical (unpaired) electrons. The number of rotatable bonds is 5. The van der Waals surface area contributed by atoms with Crippen LogP contribution in [-0.2, 0) is 4.79 Å². The van der Waals surface area contributed by atoms with E-state index >= 15 is 0 Å². The highest BCUT2D eigenvalue weighted by molar-refractivity contribution is 5.77. The first kappa shape index (κ1) is 11.5. The minimum Gasteiger partial charge on any atom is -0.339 e. The van der Waals surface area contributed by atoms with Gasteiger partial charge in [0.2, 0.25) is 5.91 Å². The number of nitrogens with one attached hydrogen (secondary N) is 1. The Hall–Kier alpha value is -0.570. The Bertz CT molecular complexity index is 278. The summed E-state index contributed by atoms with van der Waals surface area (Å²) in [5.74, 6) is 1.88. The van der Waals surface area contributed by atoms with Gasteiger partial charge >= 0.3 is 0 Å². The van der Waals surface area contributed by atoms with E-state index in [2.05, 4.69) is 10.2 Å². The van der Waals surface area contributed by atoms with Crippen molar-refractivity contribution < 1.29 is 4.79 Å². The van der Waals surface area contributed by atoms with Crippen LogP contribution < -0.4 is 5.32 Å². The zero-order valence-corrected chi connectivity index (χ0v) is 10.7. The van der Waals surface area contributed by atoms with E-state index in [0.717, 1.165) is 32.0 Å². The molecule has 3 nitrogen and oxygen atoms in total. The van der Waals surface area contributed by atoms with Crippen LogP contribution in [0.25, 0.3) is 0 Å². The molecule has 3 aliphatic rings. The summed E-state index contributed by atoms with van der Waals surface area (Å²) in [4.78, 5) is 14.5. The monoisotopic (exact) mass is 236 g/mol. The molecule has 2 saturated carbocycles. The highest BCUT2D eigenvalue weighted by Crippen LogP contribution is 2.35. The first-order chi connectivity index (χ1) is 8.33. The third kappa shape index (κ3) is 3.21. The van der Waals surface area contributed by atoms with Gasteiger partial charge in [-0.05, 0) is 63.5 Å². The summed E-state index contributed by atoms with van der Waals surface area (Å²) in [6, 6.07) is 0.600. The molecule has 1 heterocycles. The maximum Gasteiger partial charge on any atom is 0.223 e. The van der Waals surface area contributed by atoms with Crippen LogP contribution in [0.4, 0.5) is 0 Å². The van der Waals surface area contributed by atoms with E-state index in [0.29, 0.717) is 17.9 Å². The summed E-state index contributed by atoms with van der Waals surface area (Å²) < 4.78 is 0. The van der Waals surface area contributed by atoms with Gasteiger partial charge in [-0.15, -0.1) is 0 Å². The number of amides is 1. The molecule has 3 heteroatoms. The minimum absolute atomic E-state index is 0.445. The van der Waals surface area contributed by atoms with Crippen molar-refractivity contribution in [2.24, 2.45) is 11.8 Å². The molecular formula is C14H24N2O. The third-order valence-electron chi connectivity index (χ3n) is 4.32. The average Bonchev–Trinajstić information content (AvgIpc) is 3.21. The summed E-state index contributed by atoms with van der Waals surface area (Å²) in [5.41, 5.74) is 0. The number of nitrogens with zero attached hydrogens (tertiary/aromatic N) is 1. The van der Waals surface area contributed by atoms with Crippen LogP contribution in [0.3, 0.4) is 0 Å². The van der Waals surface area contributed by atoms with Gasteiger partial charge in [0.05, 0.1) is 0 Å². The van der Waals surface area contributed by atoms with Crippen LogP contribution >= 0.6 is 0 Å². The Morgan fingerprint density at radius 1 is 1.12 bits per heavy atom. The van der Waals surface area contributed by atoms with Crippen molar-refractivity contribution >= 4 is 5.91 Å². The molecule has 1 unspecified atom stereocenters. The molecule has 0 aromatic heterocycles. The minimum atomic E-state index is 0.445. The summed E-state index contributed by atoms with van der Waals surface area (Å²) in [6.45, 7) is 3.29. The Morgan fingerprint density at radius 3 is 2.53 bits per heavy atom. The van der Waals surface area contributed by atoms with E-state index in [1.165, 1.54) is 38.5 Å². The molecule has 0 spiro atoms. The fraction of sp³-hybridized carbons (Fsp3) is 0.929. The lowest BCUT2D eigenvalue weighted by atomic mass is 9.98. The van der Waals surface area contributed by atoms with Gasteiger partial charge in [-0.3, -0.25) is 4.79 Å². The lowest BCUT2D eigenvalue weighted by Gasteiger charge is -2.30. The molecule has 17 heavy (non-hydrogen) atoms. The van der Waals surface area contributed by atoms with E-state index in [4.69, 9.17) is 0 Å². The second kappa shape index (κ2) is 4.97. The van der Waals surface area contributed by atoms with Gasteiger partial charge in [-0.1, -0.05) is 0 Å². The van der Waals surface area contributed by atoms with Crippen LogP contribution in [0.1, 0.15) is 44.9 Å². The van der Waals surface area contributed by atoms with Gasteiger partial charge in [0, 0.05) is 19.0 Å². The zero-order valence-electron chi connectivity index (χ0n) is 10.7. The van der Waals surface area contributed by atoms with E-state index in [9.17, 15) is 4.79 Å². The predicted molar refractivity (Wildman–Crippen MR) is 67.7 cm³/mol. The summed E-state index contributed by atoms with van der Waals surface area (Å²) in [7, 11) is 0. The van der Waals surface area contributed by atoms with E-state index in [1.54, 1.807) is 0 Å². The standard InChI is InChI=1S/C14H24N2O/c17-14(8-11-3-4-11)16(13-5-6-13)10-12-2-1-7-15-9-12/h11-13,15H,1-10H2. The molecule has 2 aliphatic carbocycles. The number of hydrogen-bond acceptors (Lipinski definition) is 2. The van der Waals surface area contributed by atoms with Gasteiger partial charge in [-0.25, -0.2) is 0 Å². The average molecular weight is 236 g/mol. The largest absolute Gasteiger partial charge is 0.339 e. The summed E-state index contributed by atoms with van der Waals surface area (Å²) in [5, 5.41) is 3.45. The van der Waals surface area contributed by atoms with E-state index in [1.807, 2.05) is 0 Å². The van der Waals surface area contributed by atoms with Crippen LogP contribution in [0.15, 0.2) is 0 Å². The quantitative estimate of drug-likeness (QED) is 0.789. The maximum absolute atomic E-state index is 12.3. The fourth-order valence-electron chi connectivity index (χ4n) is 2.88. The third-order valence-corrected chi connectivity index (χ3v) is 4.32. The summed E-state index contributed by atoms with van der Waals surface area (Å²) >= 11 is 0. The maximum atomic E-state index is 12.3. The molecule has 1 aliphatic heterocycles. The molecule has 1 N–H and O–H groups in total. The van der Waals surface area contributed by atoms with E-state index < -0.39 is 0 Å². The molecule has 1 saturated heterocycles. The van der Waals surface area contributed by atoms with Gasteiger partial charge in [-0.2, -0.15) is 0 Å². The van der Waals surface area contributed by atoms with Crippen molar-refractivity contribution in [3.8, 4) is 0 Å². The van der Waals surface area contributed by atoms with Crippen molar-refractivity contribution in [3.05, 3.63) is 0 Å². The lowest BCUT2D eigenvalue weighted by molar-refractivity contribution is -0.132. The van der Waals surface area contributed by atoms with Crippen molar-refractivity contribution in [1.29, 1.82) is 0 Å². The van der Waals surface area contributed by atoms with E-state index in [-0.39, 0.29) is 0 Å². The number of hydrogen-bond donors (Lipinski definition) is 1. The van der Waals surface area contributed by atoms with Gasteiger partial charge in [0.15, 0.2) is 0 Å². The molecular weight excluding hydrogens is 212 g/mol. The smallest absolute Gasteiger partial charge is 0.223 e. The van der Waals surface area contributed by atoms with Crippen molar-refractivity contribution in [2.75, 3.05) is 19.6 Å². The van der Waals surface area contributed by atoms with Gasteiger partial charge in [0.25, 0.3) is 0 Å². The molecule has 96 valence electrons. The van der Waals surface area contributed by atoms with Crippen LogP contribution in [0, 0.1) is 11.8 Å². The van der Waals surface area contributed by atoms with Crippen LogP contribution in [-0.4, -0.2) is 36.5 Å². The normalized spacial score (nSPS) is 29.1. The predicted octanol–water partition coefficient (Wildman–Crippen LogP) is 1.78. The Morgan fingerprint density at radius 2 is 1.94 bits per heavy atom. The molecule has 0 bridgehead atoms. The molecule has 1 atom stereocenters. The number of piperidine rings is 1. The van der Waals surface area contributed by atoms with Crippen molar-refractivity contribution in [2.45, 2.75) is 51.0 Å². The Kier molecular flexibility index (Phi) is 3.37. The molecule has 3 fully saturated rings. The first-order valence-electron chi connectivity index (χ1n) is 7.33. The number of carbonyl (C=O) groups is 1. The highest BCUT2D eigenvalue weighted by Gasteiger charge is 2.36. The van der Waals surface area contributed by atoms with Gasteiger partial charge < -0.3 is 10.2 Å². The van der Waals surface area contributed by atoms with Gasteiger partial charge in [0.1, 0.15) is 0 Å². The molecule has 0 aromatic rings. The topological polar surface area (TPSA) is 32.3 Å². The first-order valence-corrected chi connectivity index (χ1v) is 7.33. The zero-order chi connectivity index (χ0) is 11.7. The van der Waals surface area contributed by atoms with Crippen LogP contribution in [0.5, 0.6) is 0 Å². The molecule has 3 rings (SSSR count). The molecule has 1 amide bonds. The van der Waals surface area contributed by atoms with Crippen LogP contribution in [0.2, 0.25) is 0 Å². The number of carbonyl (C=O) groups excluding carboxylic acids is 1. The Balaban J connectivity index is 1.52. The Labute approximate surface area is 104 Å². The van der Waals surface area contributed by atoms with Crippen molar-refractivity contribution in [1.82, 2.24) is 10.2 Å². The lowest BCUT2D eigenvalue weighted by Crippen LogP contribution is -2.42. The second-order valence-electron chi connectivity index (χ2n) is 6.14.